The Bertz CT molecular complexity index is 1290. The number of carbonyl (C=O) groups is 1. The van der Waals surface area contributed by atoms with Crippen LogP contribution in [0.4, 0.5) is 0 Å². The van der Waals surface area contributed by atoms with Gasteiger partial charge in [-0.15, -0.1) is 0 Å². The van der Waals surface area contributed by atoms with Gasteiger partial charge in [0, 0.05) is 55.6 Å². The lowest BCUT2D eigenvalue weighted by Gasteiger charge is -2.33. The molecule has 0 unspecified atom stereocenters. The van der Waals surface area contributed by atoms with Crippen LogP contribution < -0.4 is 0 Å². The molecule has 7 nitrogen and oxygen atoms in total. The summed E-state index contributed by atoms with van der Waals surface area (Å²) in [6.07, 6.45) is 8.43. The second kappa shape index (κ2) is 10.5. The molecule has 192 valence electrons. The maximum Gasteiger partial charge on any atom is 0.236 e. The Morgan fingerprint density at radius 2 is 1.76 bits per heavy atom. The molecule has 0 radical (unpaired) electrons. The number of hydrogen-bond acceptors (Lipinski definition) is 6. The third-order valence-corrected chi connectivity index (χ3v) is 7.99. The maximum absolute atomic E-state index is 12.9. The van der Waals surface area contributed by atoms with Crippen molar-refractivity contribution in [3.63, 3.8) is 0 Å². The van der Waals surface area contributed by atoms with Crippen LogP contribution in [-0.4, -0.2) is 71.7 Å². The Morgan fingerprint density at radius 1 is 0.973 bits per heavy atom. The summed E-state index contributed by atoms with van der Waals surface area (Å²) in [5, 5.41) is 9.56. The Kier molecular flexibility index (Phi) is 6.81. The minimum absolute atomic E-state index is 0.215. The summed E-state index contributed by atoms with van der Waals surface area (Å²) in [5.74, 6) is 2.35. The van der Waals surface area contributed by atoms with E-state index in [9.17, 15) is 9.90 Å². The van der Waals surface area contributed by atoms with Crippen molar-refractivity contribution in [1.29, 1.82) is 0 Å². The van der Waals surface area contributed by atoms with Gasteiger partial charge in [0.25, 0.3) is 0 Å². The number of hydrogen-bond donors (Lipinski definition) is 1. The molecule has 2 saturated heterocycles. The van der Waals surface area contributed by atoms with Gasteiger partial charge in [-0.1, -0.05) is 12.1 Å². The smallest absolute Gasteiger partial charge is 0.236 e. The standard InChI is InChI=1S/C30H33N3O4/c34-20-25-2-1-23-17-24(3-4-26(23)25)30-27(21-5-9-31-10-6-21)18-28(37-30)22-7-11-33(12-8-22)29(35)19-32-13-15-36-16-14-32/h3-6,9-10,17-18,20,22,34H,1-2,7-8,11-16,19H2/b25-20+. The van der Waals surface area contributed by atoms with Crippen LogP contribution in [0.25, 0.3) is 28.0 Å². The fraction of sp³-hybridized carbons (Fsp3) is 0.400. The number of rotatable bonds is 5. The van der Waals surface area contributed by atoms with Gasteiger partial charge in [0.15, 0.2) is 0 Å². The molecule has 4 heterocycles. The highest BCUT2D eigenvalue weighted by atomic mass is 16.5. The summed E-state index contributed by atoms with van der Waals surface area (Å²) in [4.78, 5) is 21.3. The number of nitrogens with zero attached hydrogens (tertiary/aromatic N) is 3. The minimum atomic E-state index is 0.215. The molecule has 2 aromatic heterocycles. The molecule has 37 heavy (non-hydrogen) atoms. The predicted octanol–water partition coefficient (Wildman–Crippen LogP) is 4.89. The third-order valence-electron chi connectivity index (χ3n) is 7.99. The molecule has 2 aliphatic heterocycles. The fourth-order valence-electron chi connectivity index (χ4n) is 5.83. The summed E-state index contributed by atoms with van der Waals surface area (Å²) >= 11 is 0. The summed E-state index contributed by atoms with van der Waals surface area (Å²) in [6.45, 7) is 5.06. The van der Waals surface area contributed by atoms with Crippen molar-refractivity contribution >= 4 is 11.5 Å². The topological polar surface area (TPSA) is 79.0 Å². The lowest BCUT2D eigenvalue weighted by atomic mass is 9.93. The van der Waals surface area contributed by atoms with E-state index in [1.165, 1.54) is 11.8 Å². The van der Waals surface area contributed by atoms with Crippen LogP contribution in [0, 0.1) is 0 Å². The van der Waals surface area contributed by atoms with Gasteiger partial charge in [0.05, 0.1) is 26.0 Å². The highest BCUT2D eigenvalue weighted by Crippen LogP contribution is 2.42. The zero-order valence-corrected chi connectivity index (χ0v) is 21.1. The molecule has 0 atom stereocenters. The van der Waals surface area contributed by atoms with Crippen LogP contribution in [0.1, 0.15) is 42.1 Å². The van der Waals surface area contributed by atoms with Crippen LogP contribution >= 0.6 is 0 Å². The van der Waals surface area contributed by atoms with Crippen LogP contribution in [0.2, 0.25) is 0 Å². The van der Waals surface area contributed by atoms with Crippen LogP contribution in [0.15, 0.2) is 59.5 Å². The fourth-order valence-corrected chi connectivity index (χ4v) is 5.83. The molecule has 3 aromatic rings. The van der Waals surface area contributed by atoms with Crippen LogP contribution in [-0.2, 0) is 16.0 Å². The molecular formula is C30H33N3O4. The number of ether oxygens (including phenoxy) is 1. The minimum Gasteiger partial charge on any atom is -0.515 e. The van der Waals surface area contributed by atoms with Crippen molar-refractivity contribution in [2.45, 2.75) is 31.6 Å². The van der Waals surface area contributed by atoms with Crippen molar-refractivity contribution in [2.24, 2.45) is 0 Å². The number of morpholine rings is 1. The SMILES string of the molecule is O=C(CN1CCOCC1)N1CCC(c2cc(-c3ccncc3)c(-c3ccc4c(c3)CC/C4=C\O)o2)CC1. The largest absolute Gasteiger partial charge is 0.515 e. The van der Waals surface area contributed by atoms with E-state index in [-0.39, 0.29) is 11.8 Å². The van der Waals surface area contributed by atoms with E-state index in [4.69, 9.17) is 9.15 Å². The van der Waals surface area contributed by atoms with Gasteiger partial charge in [-0.3, -0.25) is 14.7 Å². The number of amides is 1. The highest BCUT2D eigenvalue weighted by molar-refractivity contribution is 5.83. The van der Waals surface area contributed by atoms with Gasteiger partial charge in [-0.2, -0.15) is 0 Å². The molecule has 7 heteroatoms. The van der Waals surface area contributed by atoms with Gasteiger partial charge in [0.2, 0.25) is 5.91 Å². The van der Waals surface area contributed by atoms with E-state index in [0.717, 1.165) is 91.2 Å². The molecule has 1 aliphatic carbocycles. The number of benzene rings is 1. The number of furan rings is 1. The predicted molar refractivity (Wildman–Crippen MR) is 142 cm³/mol. The summed E-state index contributed by atoms with van der Waals surface area (Å²) in [6, 6.07) is 12.6. The van der Waals surface area contributed by atoms with E-state index in [1.54, 1.807) is 0 Å². The Balaban J connectivity index is 1.22. The van der Waals surface area contributed by atoms with Crippen LogP contribution in [0.5, 0.6) is 0 Å². The number of piperidine rings is 1. The first-order valence-corrected chi connectivity index (χ1v) is 13.3. The zero-order chi connectivity index (χ0) is 25.2. The lowest BCUT2D eigenvalue weighted by molar-refractivity contribution is -0.134. The number of aromatic nitrogens is 1. The third kappa shape index (κ3) is 4.93. The molecule has 1 N–H and O–H groups in total. The number of pyridine rings is 1. The molecule has 3 aliphatic rings. The first-order chi connectivity index (χ1) is 18.2. The van der Waals surface area contributed by atoms with Gasteiger partial charge in [-0.05, 0) is 72.2 Å². The maximum atomic E-state index is 12.9. The van der Waals surface area contributed by atoms with Crippen molar-refractivity contribution in [2.75, 3.05) is 45.9 Å². The Labute approximate surface area is 217 Å². The van der Waals surface area contributed by atoms with E-state index in [2.05, 4.69) is 34.1 Å². The normalized spacial score (nSPS) is 19.9. The second-order valence-electron chi connectivity index (χ2n) is 10.2. The Morgan fingerprint density at radius 3 is 2.51 bits per heavy atom. The van der Waals surface area contributed by atoms with Crippen LogP contribution in [0.3, 0.4) is 0 Å². The summed E-state index contributed by atoms with van der Waals surface area (Å²) < 4.78 is 12.0. The first-order valence-electron chi connectivity index (χ1n) is 13.3. The van der Waals surface area contributed by atoms with Gasteiger partial charge in [0.1, 0.15) is 11.5 Å². The number of fused-ring (bicyclic) bond motifs is 1. The molecule has 0 spiro atoms. The number of allylic oxidation sites excluding steroid dienone is 1. The van der Waals surface area contributed by atoms with Crippen molar-refractivity contribution < 1.29 is 19.1 Å². The van der Waals surface area contributed by atoms with E-state index < -0.39 is 0 Å². The van der Waals surface area contributed by atoms with E-state index >= 15 is 0 Å². The Hall–Kier alpha value is -3.42. The van der Waals surface area contributed by atoms with Crippen molar-refractivity contribution in [1.82, 2.24) is 14.8 Å². The summed E-state index contributed by atoms with van der Waals surface area (Å²) in [5.41, 5.74) is 6.55. The lowest BCUT2D eigenvalue weighted by Crippen LogP contribution is -2.46. The number of aryl methyl sites for hydroxylation is 1. The zero-order valence-electron chi connectivity index (χ0n) is 21.1. The number of aliphatic hydroxyl groups excluding tert-OH is 1. The average Bonchev–Trinajstić information content (AvgIpc) is 3.58. The van der Waals surface area contributed by atoms with Gasteiger partial charge in [-0.25, -0.2) is 0 Å². The highest BCUT2D eigenvalue weighted by Gasteiger charge is 2.29. The molecule has 1 amide bonds. The number of carbonyl (C=O) groups excluding carboxylic acids is 1. The average molecular weight is 500 g/mol. The molecular weight excluding hydrogens is 466 g/mol. The van der Waals surface area contributed by atoms with Gasteiger partial charge >= 0.3 is 0 Å². The summed E-state index contributed by atoms with van der Waals surface area (Å²) in [7, 11) is 0. The van der Waals surface area contributed by atoms with E-state index in [0.29, 0.717) is 19.8 Å². The number of likely N-dealkylation sites (tertiary alicyclic amines) is 1. The number of aliphatic hydroxyl groups is 1. The molecule has 6 rings (SSSR count). The molecule has 2 fully saturated rings. The van der Waals surface area contributed by atoms with Crippen molar-refractivity contribution in [3.05, 3.63) is 71.9 Å². The first kappa shape index (κ1) is 23.9. The monoisotopic (exact) mass is 499 g/mol. The van der Waals surface area contributed by atoms with Crippen molar-refractivity contribution in [3.8, 4) is 22.5 Å². The molecule has 0 saturated carbocycles. The van der Waals surface area contributed by atoms with Gasteiger partial charge < -0.3 is 19.2 Å². The molecule has 0 bridgehead atoms. The van der Waals surface area contributed by atoms with E-state index in [1.807, 2.05) is 29.4 Å². The molecule has 1 aromatic carbocycles. The quantitative estimate of drug-likeness (QED) is 0.504. The second-order valence-corrected chi connectivity index (χ2v) is 10.2.